The number of anilines is 1. The van der Waals surface area contributed by atoms with Crippen molar-refractivity contribution in [2.45, 2.75) is 19.9 Å². The van der Waals surface area contributed by atoms with Crippen molar-refractivity contribution < 1.29 is 9.53 Å². The van der Waals surface area contributed by atoms with Gasteiger partial charge in [0.15, 0.2) is 0 Å². The second-order valence-corrected chi connectivity index (χ2v) is 6.35. The Bertz CT molecular complexity index is 928. The van der Waals surface area contributed by atoms with Gasteiger partial charge in [0.05, 0.1) is 18.8 Å². The number of carbonyl (C=O) groups excluding carboxylic acids is 1. The average Bonchev–Trinajstić information content (AvgIpc) is 3.02. The lowest BCUT2D eigenvalue weighted by atomic mass is 10.3. The Morgan fingerprint density at radius 3 is 2.75 bits per heavy atom. The van der Waals surface area contributed by atoms with E-state index in [0.29, 0.717) is 21.7 Å². The summed E-state index contributed by atoms with van der Waals surface area (Å²) >= 11 is 1.51. The van der Waals surface area contributed by atoms with Gasteiger partial charge in [0.1, 0.15) is 17.1 Å². The second-order valence-electron chi connectivity index (χ2n) is 5.24. The van der Waals surface area contributed by atoms with Crippen molar-refractivity contribution >= 4 is 33.1 Å². The molecule has 0 aliphatic heterocycles. The molecule has 3 aromatic rings. The van der Waals surface area contributed by atoms with Crippen LogP contribution >= 0.6 is 11.3 Å². The van der Waals surface area contributed by atoms with Gasteiger partial charge in [-0.1, -0.05) is 6.92 Å². The Kier molecular flexibility index (Phi) is 4.61. The number of aromatic nitrogens is 2. The maximum absolute atomic E-state index is 12.5. The summed E-state index contributed by atoms with van der Waals surface area (Å²) in [7, 11) is 1.58. The minimum absolute atomic E-state index is 0.0783. The Morgan fingerprint density at radius 1 is 1.33 bits per heavy atom. The number of carbonyl (C=O) groups is 1. The van der Waals surface area contributed by atoms with Crippen LogP contribution in [0.5, 0.6) is 5.75 Å². The van der Waals surface area contributed by atoms with Crippen LogP contribution < -0.4 is 15.6 Å². The van der Waals surface area contributed by atoms with Gasteiger partial charge in [-0.15, -0.1) is 11.3 Å². The van der Waals surface area contributed by atoms with Crippen LogP contribution in [0, 0.1) is 0 Å². The summed E-state index contributed by atoms with van der Waals surface area (Å²) in [5, 5.41) is 3.32. The molecular formula is C17H17N3O3S. The maximum Gasteiger partial charge on any atom is 0.262 e. The fourth-order valence-corrected chi connectivity index (χ4v) is 3.25. The van der Waals surface area contributed by atoms with E-state index in [9.17, 15) is 9.59 Å². The lowest BCUT2D eigenvalue weighted by molar-refractivity contribution is -0.116. The van der Waals surface area contributed by atoms with Crippen LogP contribution in [0.2, 0.25) is 0 Å². The Balaban J connectivity index is 1.77. The molecule has 0 fully saturated rings. The first-order valence-electron chi connectivity index (χ1n) is 7.52. The SMILES string of the molecule is CCc1cc2c(=O)n(CC(=O)Nc3ccc(OC)cc3)cnc2s1. The van der Waals surface area contributed by atoms with Gasteiger partial charge in [0.2, 0.25) is 5.91 Å². The van der Waals surface area contributed by atoms with Gasteiger partial charge in [0, 0.05) is 10.6 Å². The van der Waals surface area contributed by atoms with Crippen molar-refractivity contribution in [2.24, 2.45) is 0 Å². The second kappa shape index (κ2) is 6.84. The summed E-state index contributed by atoms with van der Waals surface area (Å²) in [5.41, 5.74) is 0.451. The van der Waals surface area contributed by atoms with E-state index in [4.69, 9.17) is 4.74 Å². The number of nitrogens with zero attached hydrogens (tertiary/aromatic N) is 2. The van der Waals surface area contributed by atoms with E-state index >= 15 is 0 Å². The molecule has 0 atom stereocenters. The molecule has 0 spiro atoms. The minimum atomic E-state index is -0.283. The molecule has 3 rings (SSSR count). The van der Waals surface area contributed by atoms with Gasteiger partial charge < -0.3 is 10.1 Å². The molecule has 6 nitrogen and oxygen atoms in total. The molecule has 0 radical (unpaired) electrons. The summed E-state index contributed by atoms with van der Waals surface area (Å²) in [6, 6.07) is 8.86. The van der Waals surface area contributed by atoms with E-state index in [-0.39, 0.29) is 18.0 Å². The van der Waals surface area contributed by atoms with Gasteiger partial charge in [0.25, 0.3) is 5.56 Å². The number of aryl methyl sites for hydroxylation is 1. The van der Waals surface area contributed by atoms with Crippen LogP contribution in [0.15, 0.2) is 41.5 Å². The van der Waals surface area contributed by atoms with Crippen molar-refractivity contribution in [1.82, 2.24) is 9.55 Å². The van der Waals surface area contributed by atoms with Crippen molar-refractivity contribution in [2.75, 3.05) is 12.4 Å². The molecule has 1 aromatic carbocycles. The lowest BCUT2D eigenvalue weighted by Gasteiger charge is -2.08. The molecule has 0 aliphatic rings. The largest absolute Gasteiger partial charge is 0.497 e. The lowest BCUT2D eigenvalue weighted by Crippen LogP contribution is -2.27. The first-order valence-corrected chi connectivity index (χ1v) is 8.34. The number of hydrogen-bond acceptors (Lipinski definition) is 5. The first kappa shape index (κ1) is 16.2. The summed E-state index contributed by atoms with van der Waals surface area (Å²) in [6.45, 7) is 1.96. The molecule has 24 heavy (non-hydrogen) atoms. The molecule has 7 heteroatoms. The fourth-order valence-electron chi connectivity index (χ4n) is 2.33. The summed E-state index contributed by atoms with van der Waals surface area (Å²) in [6.07, 6.45) is 2.28. The highest BCUT2D eigenvalue weighted by Gasteiger charge is 2.11. The number of methoxy groups -OCH3 is 1. The van der Waals surface area contributed by atoms with Crippen molar-refractivity contribution in [3.63, 3.8) is 0 Å². The Labute approximate surface area is 142 Å². The van der Waals surface area contributed by atoms with Gasteiger partial charge in [-0.2, -0.15) is 0 Å². The molecule has 0 aliphatic carbocycles. The van der Waals surface area contributed by atoms with Crippen molar-refractivity contribution in [3.8, 4) is 5.75 Å². The molecule has 124 valence electrons. The number of fused-ring (bicyclic) bond motifs is 1. The molecule has 1 N–H and O–H groups in total. The smallest absolute Gasteiger partial charge is 0.262 e. The maximum atomic E-state index is 12.5. The van der Waals surface area contributed by atoms with Crippen molar-refractivity contribution in [1.29, 1.82) is 0 Å². The number of amides is 1. The zero-order chi connectivity index (χ0) is 17.1. The van der Waals surface area contributed by atoms with E-state index in [1.54, 1.807) is 31.4 Å². The zero-order valence-corrected chi connectivity index (χ0v) is 14.2. The van der Waals surface area contributed by atoms with Gasteiger partial charge in [-0.3, -0.25) is 14.2 Å². The number of rotatable bonds is 5. The number of nitrogens with one attached hydrogen (secondary N) is 1. The van der Waals surface area contributed by atoms with Gasteiger partial charge in [-0.05, 0) is 36.8 Å². The molecule has 2 heterocycles. The highest BCUT2D eigenvalue weighted by atomic mass is 32.1. The highest BCUT2D eigenvalue weighted by molar-refractivity contribution is 7.18. The van der Waals surface area contributed by atoms with E-state index in [1.807, 2.05) is 13.0 Å². The molecule has 0 saturated carbocycles. The summed E-state index contributed by atoms with van der Waals surface area (Å²) < 4.78 is 6.40. The third-order valence-corrected chi connectivity index (χ3v) is 4.79. The van der Waals surface area contributed by atoms with Crippen LogP contribution in [-0.4, -0.2) is 22.6 Å². The van der Waals surface area contributed by atoms with E-state index in [2.05, 4.69) is 10.3 Å². The van der Waals surface area contributed by atoms with E-state index in [1.165, 1.54) is 22.2 Å². The fraction of sp³-hybridized carbons (Fsp3) is 0.235. The number of hydrogen-bond donors (Lipinski definition) is 1. The zero-order valence-electron chi connectivity index (χ0n) is 13.4. The highest BCUT2D eigenvalue weighted by Crippen LogP contribution is 2.21. The van der Waals surface area contributed by atoms with Crippen LogP contribution in [0.3, 0.4) is 0 Å². The number of benzene rings is 1. The van der Waals surface area contributed by atoms with E-state index < -0.39 is 0 Å². The molecule has 1 amide bonds. The molecule has 0 bridgehead atoms. The van der Waals surface area contributed by atoms with Crippen LogP contribution in [0.4, 0.5) is 5.69 Å². The standard InChI is InChI=1S/C17H17N3O3S/c1-3-13-8-14-16(24-13)18-10-20(17(14)22)9-15(21)19-11-4-6-12(23-2)7-5-11/h4-8,10H,3,9H2,1-2H3,(H,19,21). The third kappa shape index (κ3) is 3.30. The Hall–Kier alpha value is -2.67. The normalized spacial score (nSPS) is 10.8. The summed E-state index contributed by atoms with van der Waals surface area (Å²) in [5.74, 6) is 0.428. The molecule has 2 aromatic heterocycles. The Morgan fingerprint density at radius 2 is 2.08 bits per heavy atom. The molecule has 0 saturated heterocycles. The predicted octanol–water partition coefficient (Wildman–Crippen LogP) is 2.67. The van der Waals surface area contributed by atoms with Crippen molar-refractivity contribution in [3.05, 3.63) is 51.9 Å². The topological polar surface area (TPSA) is 73.2 Å². The molecule has 0 unspecified atom stereocenters. The van der Waals surface area contributed by atoms with Crippen LogP contribution in [0.25, 0.3) is 10.2 Å². The number of thiophene rings is 1. The monoisotopic (exact) mass is 343 g/mol. The predicted molar refractivity (Wildman–Crippen MR) is 94.9 cm³/mol. The quantitative estimate of drug-likeness (QED) is 0.773. The summed E-state index contributed by atoms with van der Waals surface area (Å²) in [4.78, 5) is 30.7. The molecular weight excluding hydrogens is 326 g/mol. The third-order valence-electron chi connectivity index (χ3n) is 3.61. The van der Waals surface area contributed by atoms with Gasteiger partial charge in [-0.25, -0.2) is 4.98 Å². The average molecular weight is 343 g/mol. The van der Waals surface area contributed by atoms with Crippen LogP contribution in [0.1, 0.15) is 11.8 Å². The van der Waals surface area contributed by atoms with Crippen LogP contribution in [-0.2, 0) is 17.8 Å². The minimum Gasteiger partial charge on any atom is -0.497 e. The van der Waals surface area contributed by atoms with Gasteiger partial charge >= 0.3 is 0 Å². The first-order chi connectivity index (χ1) is 11.6. The van der Waals surface area contributed by atoms with E-state index in [0.717, 1.165) is 11.3 Å². The number of ether oxygens (including phenoxy) is 1.